The molecule has 7 nitrogen and oxygen atoms in total. The molecule has 24 heavy (non-hydrogen) atoms. The van der Waals surface area contributed by atoms with Gasteiger partial charge in [0.05, 0.1) is 0 Å². The molecule has 0 radical (unpaired) electrons. The van der Waals surface area contributed by atoms with E-state index >= 15 is 0 Å². The number of aliphatic hydroxyl groups is 1. The van der Waals surface area contributed by atoms with Crippen molar-refractivity contribution in [2.75, 3.05) is 6.61 Å². The lowest BCUT2D eigenvalue weighted by molar-refractivity contribution is -0.170. The van der Waals surface area contributed by atoms with Gasteiger partial charge in [-0.15, -0.1) is 0 Å². The third kappa shape index (κ3) is 5.19. The van der Waals surface area contributed by atoms with Crippen molar-refractivity contribution in [2.24, 2.45) is 5.92 Å². The molecule has 2 saturated carbocycles. The van der Waals surface area contributed by atoms with Crippen LogP contribution in [0.2, 0.25) is 0 Å². The number of rotatable bonds is 4. The second-order valence-electron chi connectivity index (χ2n) is 7.06. The van der Waals surface area contributed by atoms with Gasteiger partial charge in [-0.3, -0.25) is 10.1 Å². The van der Waals surface area contributed by atoms with Crippen LogP contribution in [-0.2, 0) is 14.3 Å². The summed E-state index contributed by atoms with van der Waals surface area (Å²) in [5.74, 6) is -1.08. The van der Waals surface area contributed by atoms with E-state index in [0.29, 0.717) is 18.8 Å². The minimum absolute atomic E-state index is 0.0667. The standard InChI is InChI=1S/C17H28N2O5/c1-12-7-3-4-8-13(12)18-16(22)19-14(20)11-24-15(21)17(23)9-5-2-6-10-17/h12-13,23H,2-11H2,1H3,(H2,18,19,20,22)/t12-,13-/m1/s1. The average molecular weight is 340 g/mol. The number of hydrogen-bond acceptors (Lipinski definition) is 5. The van der Waals surface area contributed by atoms with Gasteiger partial charge < -0.3 is 15.2 Å². The van der Waals surface area contributed by atoms with Gasteiger partial charge in [0.15, 0.2) is 12.2 Å². The first-order chi connectivity index (χ1) is 11.4. The number of urea groups is 1. The molecule has 136 valence electrons. The SMILES string of the molecule is C[C@@H]1CCCC[C@H]1NC(=O)NC(=O)COC(=O)C1(O)CCCCC1. The Morgan fingerprint density at radius 1 is 1.08 bits per heavy atom. The van der Waals surface area contributed by atoms with Crippen molar-refractivity contribution in [2.45, 2.75) is 76.4 Å². The van der Waals surface area contributed by atoms with Crippen LogP contribution < -0.4 is 10.6 Å². The zero-order chi connectivity index (χ0) is 17.6. The summed E-state index contributed by atoms with van der Waals surface area (Å²) < 4.78 is 4.88. The molecule has 0 heterocycles. The molecule has 0 aliphatic heterocycles. The molecular weight excluding hydrogens is 312 g/mol. The Balaban J connectivity index is 1.70. The molecule has 2 aliphatic rings. The lowest BCUT2D eigenvalue weighted by Crippen LogP contribution is -2.49. The number of ether oxygens (including phenoxy) is 1. The monoisotopic (exact) mass is 340 g/mol. The van der Waals surface area contributed by atoms with Gasteiger partial charge >= 0.3 is 12.0 Å². The number of carbonyl (C=O) groups excluding carboxylic acids is 3. The number of nitrogens with one attached hydrogen (secondary N) is 2. The minimum Gasteiger partial charge on any atom is -0.453 e. The van der Waals surface area contributed by atoms with Gasteiger partial charge in [-0.25, -0.2) is 9.59 Å². The number of esters is 1. The molecule has 0 unspecified atom stereocenters. The van der Waals surface area contributed by atoms with Crippen LogP contribution in [0.25, 0.3) is 0 Å². The molecule has 3 N–H and O–H groups in total. The van der Waals surface area contributed by atoms with Gasteiger partial charge in [0.1, 0.15) is 0 Å². The van der Waals surface area contributed by atoms with Gasteiger partial charge in [0.25, 0.3) is 5.91 Å². The predicted molar refractivity (Wildman–Crippen MR) is 87.1 cm³/mol. The molecule has 3 amide bonds. The maximum absolute atomic E-state index is 11.9. The number of amides is 3. The van der Waals surface area contributed by atoms with E-state index in [1.165, 1.54) is 6.42 Å². The molecule has 0 aromatic carbocycles. The Morgan fingerprint density at radius 2 is 1.75 bits per heavy atom. The maximum Gasteiger partial charge on any atom is 0.338 e. The number of hydrogen-bond donors (Lipinski definition) is 3. The molecule has 0 bridgehead atoms. The number of imide groups is 1. The van der Waals surface area contributed by atoms with E-state index in [1.807, 2.05) is 0 Å². The van der Waals surface area contributed by atoms with E-state index in [9.17, 15) is 19.5 Å². The topological polar surface area (TPSA) is 105 Å². The molecule has 7 heteroatoms. The normalized spacial score (nSPS) is 26.2. The molecule has 0 saturated heterocycles. The molecule has 0 aromatic heterocycles. The highest BCUT2D eigenvalue weighted by atomic mass is 16.6. The van der Waals surface area contributed by atoms with E-state index < -0.39 is 30.1 Å². The smallest absolute Gasteiger partial charge is 0.338 e. The summed E-state index contributed by atoms with van der Waals surface area (Å²) in [5.41, 5.74) is -1.49. The van der Waals surface area contributed by atoms with E-state index in [0.717, 1.165) is 38.5 Å². The summed E-state index contributed by atoms with van der Waals surface area (Å²) in [4.78, 5) is 35.5. The van der Waals surface area contributed by atoms with Gasteiger partial charge in [0, 0.05) is 6.04 Å². The summed E-state index contributed by atoms with van der Waals surface area (Å²) in [6.45, 7) is 1.52. The summed E-state index contributed by atoms with van der Waals surface area (Å²) in [7, 11) is 0. The fourth-order valence-electron chi connectivity index (χ4n) is 3.50. The van der Waals surface area contributed by atoms with Crippen LogP contribution in [0.3, 0.4) is 0 Å². The molecule has 0 aromatic rings. The van der Waals surface area contributed by atoms with Crippen LogP contribution in [0.4, 0.5) is 4.79 Å². The van der Waals surface area contributed by atoms with Crippen molar-refractivity contribution >= 4 is 17.9 Å². The molecule has 2 aliphatic carbocycles. The summed E-state index contributed by atoms with van der Waals surface area (Å²) in [6.07, 6.45) is 7.43. The first-order valence-electron chi connectivity index (χ1n) is 8.91. The Morgan fingerprint density at radius 3 is 2.42 bits per heavy atom. The highest BCUT2D eigenvalue weighted by Crippen LogP contribution is 2.29. The Kier molecular flexibility index (Phi) is 6.60. The largest absolute Gasteiger partial charge is 0.453 e. The zero-order valence-electron chi connectivity index (χ0n) is 14.3. The van der Waals surface area contributed by atoms with E-state index in [-0.39, 0.29) is 6.04 Å². The molecule has 0 spiro atoms. The van der Waals surface area contributed by atoms with E-state index in [2.05, 4.69) is 17.6 Å². The predicted octanol–water partition coefficient (Wildman–Crippen LogP) is 1.63. The van der Waals surface area contributed by atoms with Crippen LogP contribution in [0.15, 0.2) is 0 Å². The Labute approximate surface area is 142 Å². The van der Waals surface area contributed by atoms with Crippen molar-refractivity contribution < 1.29 is 24.2 Å². The van der Waals surface area contributed by atoms with Crippen LogP contribution >= 0.6 is 0 Å². The molecular formula is C17H28N2O5. The fourth-order valence-corrected chi connectivity index (χ4v) is 3.50. The van der Waals surface area contributed by atoms with Gasteiger partial charge in [-0.1, -0.05) is 26.2 Å². The highest BCUT2D eigenvalue weighted by molar-refractivity contribution is 5.96. The van der Waals surface area contributed by atoms with Crippen molar-refractivity contribution in [1.82, 2.24) is 10.6 Å². The average Bonchev–Trinajstić information content (AvgIpc) is 2.55. The zero-order valence-corrected chi connectivity index (χ0v) is 14.3. The summed E-state index contributed by atoms with van der Waals surface area (Å²) in [6, 6.07) is -0.497. The highest BCUT2D eigenvalue weighted by Gasteiger charge is 2.39. The van der Waals surface area contributed by atoms with Crippen molar-refractivity contribution in [3.05, 3.63) is 0 Å². The van der Waals surface area contributed by atoms with Crippen LogP contribution in [-0.4, -0.2) is 41.3 Å². The first kappa shape index (κ1) is 18.7. The lowest BCUT2D eigenvalue weighted by Gasteiger charge is -2.29. The van der Waals surface area contributed by atoms with Crippen molar-refractivity contribution in [1.29, 1.82) is 0 Å². The van der Waals surface area contributed by atoms with Crippen molar-refractivity contribution in [3.8, 4) is 0 Å². The Bertz CT molecular complexity index is 474. The second-order valence-corrected chi connectivity index (χ2v) is 7.06. The van der Waals surface area contributed by atoms with Gasteiger partial charge in [0.2, 0.25) is 0 Å². The van der Waals surface area contributed by atoms with Crippen LogP contribution in [0, 0.1) is 5.92 Å². The Hall–Kier alpha value is -1.63. The van der Waals surface area contributed by atoms with E-state index in [4.69, 9.17) is 4.74 Å². The maximum atomic E-state index is 11.9. The first-order valence-corrected chi connectivity index (χ1v) is 8.91. The van der Waals surface area contributed by atoms with Crippen LogP contribution in [0.1, 0.15) is 64.7 Å². The summed E-state index contributed by atoms with van der Waals surface area (Å²) in [5, 5.41) is 15.2. The van der Waals surface area contributed by atoms with Crippen molar-refractivity contribution in [3.63, 3.8) is 0 Å². The lowest BCUT2D eigenvalue weighted by atomic mass is 9.85. The fraction of sp³-hybridized carbons (Fsp3) is 0.824. The van der Waals surface area contributed by atoms with Crippen LogP contribution in [0.5, 0.6) is 0 Å². The molecule has 2 fully saturated rings. The third-order valence-corrected chi connectivity index (χ3v) is 5.08. The number of carbonyl (C=O) groups is 3. The summed E-state index contributed by atoms with van der Waals surface area (Å²) >= 11 is 0. The third-order valence-electron chi connectivity index (χ3n) is 5.08. The minimum atomic E-state index is -1.49. The van der Waals surface area contributed by atoms with Gasteiger partial charge in [-0.05, 0) is 44.4 Å². The van der Waals surface area contributed by atoms with E-state index in [1.54, 1.807) is 0 Å². The molecule has 2 rings (SSSR count). The second kappa shape index (κ2) is 8.46. The quantitative estimate of drug-likeness (QED) is 0.675. The molecule has 2 atom stereocenters. The van der Waals surface area contributed by atoms with Gasteiger partial charge in [-0.2, -0.15) is 0 Å².